The summed E-state index contributed by atoms with van der Waals surface area (Å²) in [6, 6.07) is 4.89. The van der Waals surface area contributed by atoms with E-state index >= 15 is 0 Å². The number of halogens is 1. The van der Waals surface area contributed by atoms with E-state index in [1.807, 2.05) is 4.90 Å². The molecule has 1 saturated heterocycles. The van der Waals surface area contributed by atoms with E-state index in [2.05, 4.69) is 0 Å². The number of fused-ring (bicyclic) bond motifs is 2. The Morgan fingerprint density at radius 2 is 1.73 bits per heavy atom. The van der Waals surface area contributed by atoms with Crippen LogP contribution in [-0.2, 0) is 14.8 Å². The summed E-state index contributed by atoms with van der Waals surface area (Å²) in [5.41, 5.74) is 0. The molecule has 0 aromatic heterocycles. The molecule has 1 heterocycles. The molecule has 1 aromatic carbocycles. The monoisotopic (exact) mass is 380 g/mol. The van der Waals surface area contributed by atoms with Crippen LogP contribution in [0.25, 0.3) is 0 Å². The number of carbonyl (C=O) groups excluding carboxylic acids is 1. The predicted octanol–water partition coefficient (Wildman–Crippen LogP) is 2.48. The SMILES string of the molecule is O=C(C[C@H]1C[C@H]2CC[C@@H]1C2)N1CCN(S(=O)(=O)c2ccc(F)cc2)CC1. The number of piperazine rings is 1. The number of amides is 1. The molecular formula is C19H25FN2O3S. The maximum atomic E-state index is 13.0. The molecule has 0 N–H and O–H groups in total. The Labute approximate surface area is 154 Å². The summed E-state index contributed by atoms with van der Waals surface area (Å²) in [6.07, 6.45) is 5.70. The van der Waals surface area contributed by atoms with Crippen LogP contribution in [0, 0.1) is 23.6 Å². The van der Waals surface area contributed by atoms with Gasteiger partial charge in [-0.2, -0.15) is 4.31 Å². The molecule has 1 aliphatic heterocycles. The van der Waals surface area contributed by atoms with Gasteiger partial charge in [-0.25, -0.2) is 12.8 Å². The van der Waals surface area contributed by atoms with Crippen molar-refractivity contribution in [1.82, 2.24) is 9.21 Å². The van der Waals surface area contributed by atoms with E-state index in [0.29, 0.717) is 38.5 Å². The summed E-state index contributed by atoms with van der Waals surface area (Å²) in [5.74, 6) is 1.79. The highest BCUT2D eigenvalue weighted by atomic mass is 32.2. The van der Waals surface area contributed by atoms with Gasteiger partial charge in [0.2, 0.25) is 15.9 Å². The summed E-state index contributed by atoms with van der Waals surface area (Å²) < 4.78 is 39.7. The average Bonchev–Trinajstić information content (AvgIpc) is 3.25. The zero-order chi connectivity index (χ0) is 18.3. The molecule has 7 heteroatoms. The van der Waals surface area contributed by atoms with Crippen molar-refractivity contribution in [3.63, 3.8) is 0 Å². The molecule has 0 radical (unpaired) electrons. The van der Waals surface area contributed by atoms with Crippen molar-refractivity contribution in [3.8, 4) is 0 Å². The summed E-state index contributed by atoms with van der Waals surface area (Å²) in [4.78, 5) is 14.5. The molecular weight excluding hydrogens is 355 g/mol. The van der Waals surface area contributed by atoms with Crippen LogP contribution in [0.4, 0.5) is 4.39 Å². The first-order valence-corrected chi connectivity index (χ1v) is 10.9. The normalized spacial score (nSPS) is 29.3. The van der Waals surface area contributed by atoms with Gasteiger partial charge in [0.1, 0.15) is 5.82 Å². The summed E-state index contributed by atoms with van der Waals surface area (Å²) in [7, 11) is -3.63. The molecule has 3 fully saturated rings. The van der Waals surface area contributed by atoms with E-state index in [1.54, 1.807) is 0 Å². The van der Waals surface area contributed by atoms with E-state index in [0.717, 1.165) is 24.0 Å². The van der Waals surface area contributed by atoms with Gasteiger partial charge in [0.05, 0.1) is 4.90 Å². The van der Waals surface area contributed by atoms with Crippen LogP contribution in [0.1, 0.15) is 32.1 Å². The zero-order valence-corrected chi connectivity index (χ0v) is 15.6. The van der Waals surface area contributed by atoms with Crippen LogP contribution in [-0.4, -0.2) is 49.7 Å². The van der Waals surface area contributed by atoms with Gasteiger partial charge in [-0.05, 0) is 61.3 Å². The van der Waals surface area contributed by atoms with E-state index < -0.39 is 15.8 Å². The largest absolute Gasteiger partial charge is 0.340 e. The Bertz CT molecular complexity index is 772. The summed E-state index contributed by atoms with van der Waals surface area (Å²) in [5, 5.41) is 0. The Balaban J connectivity index is 1.33. The Morgan fingerprint density at radius 3 is 2.31 bits per heavy atom. The van der Waals surface area contributed by atoms with Gasteiger partial charge in [0, 0.05) is 32.6 Å². The van der Waals surface area contributed by atoms with Gasteiger partial charge in [-0.3, -0.25) is 4.79 Å². The third-order valence-corrected chi connectivity index (χ3v) is 8.28. The topological polar surface area (TPSA) is 57.7 Å². The molecule has 142 valence electrons. The fraction of sp³-hybridized carbons (Fsp3) is 0.632. The molecule has 0 spiro atoms. The Kier molecular flexibility index (Phi) is 4.77. The van der Waals surface area contributed by atoms with E-state index in [-0.39, 0.29) is 10.8 Å². The first-order valence-electron chi connectivity index (χ1n) is 9.47. The minimum absolute atomic E-state index is 0.0978. The predicted molar refractivity (Wildman–Crippen MR) is 95.3 cm³/mol. The lowest BCUT2D eigenvalue weighted by molar-refractivity contribution is -0.133. The van der Waals surface area contributed by atoms with E-state index in [4.69, 9.17) is 0 Å². The highest BCUT2D eigenvalue weighted by molar-refractivity contribution is 7.89. The first-order chi connectivity index (χ1) is 12.4. The van der Waals surface area contributed by atoms with Gasteiger partial charge in [-0.1, -0.05) is 6.42 Å². The highest BCUT2D eigenvalue weighted by Crippen LogP contribution is 2.49. The van der Waals surface area contributed by atoms with Gasteiger partial charge in [-0.15, -0.1) is 0 Å². The second kappa shape index (κ2) is 6.93. The summed E-state index contributed by atoms with van der Waals surface area (Å²) in [6.45, 7) is 1.45. The number of benzene rings is 1. The van der Waals surface area contributed by atoms with Gasteiger partial charge in [0.25, 0.3) is 0 Å². The molecule has 2 bridgehead atoms. The van der Waals surface area contributed by atoms with Crippen LogP contribution in [0.2, 0.25) is 0 Å². The Morgan fingerprint density at radius 1 is 1.04 bits per heavy atom. The van der Waals surface area contributed by atoms with Gasteiger partial charge < -0.3 is 4.90 Å². The third kappa shape index (κ3) is 3.39. The zero-order valence-electron chi connectivity index (χ0n) is 14.8. The first kappa shape index (κ1) is 17.9. The van der Waals surface area contributed by atoms with Crippen molar-refractivity contribution >= 4 is 15.9 Å². The van der Waals surface area contributed by atoms with Crippen LogP contribution in [0.15, 0.2) is 29.2 Å². The molecule has 2 saturated carbocycles. The van der Waals surface area contributed by atoms with Crippen molar-refractivity contribution in [3.05, 3.63) is 30.1 Å². The number of sulfonamides is 1. The number of carbonyl (C=O) groups is 1. The van der Waals surface area contributed by atoms with E-state index in [1.165, 1.54) is 42.1 Å². The molecule has 26 heavy (non-hydrogen) atoms. The van der Waals surface area contributed by atoms with Crippen molar-refractivity contribution < 1.29 is 17.6 Å². The van der Waals surface area contributed by atoms with E-state index in [9.17, 15) is 17.6 Å². The maximum Gasteiger partial charge on any atom is 0.243 e. The molecule has 3 atom stereocenters. The number of rotatable bonds is 4. The number of hydrogen-bond donors (Lipinski definition) is 0. The molecule has 2 aliphatic carbocycles. The molecule has 1 aromatic rings. The maximum absolute atomic E-state index is 13.0. The second-order valence-corrected chi connectivity index (χ2v) is 9.82. The average molecular weight is 380 g/mol. The fourth-order valence-corrected chi connectivity index (χ4v) is 6.34. The molecule has 3 aliphatic rings. The Hall–Kier alpha value is -1.47. The van der Waals surface area contributed by atoms with Gasteiger partial charge >= 0.3 is 0 Å². The fourth-order valence-electron chi connectivity index (χ4n) is 4.91. The van der Waals surface area contributed by atoms with Crippen molar-refractivity contribution in [2.24, 2.45) is 17.8 Å². The van der Waals surface area contributed by atoms with Crippen LogP contribution >= 0.6 is 0 Å². The van der Waals surface area contributed by atoms with Crippen LogP contribution in [0.5, 0.6) is 0 Å². The van der Waals surface area contributed by atoms with Crippen molar-refractivity contribution in [1.29, 1.82) is 0 Å². The smallest absolute Gasteiger partial charge is 0.243 e. The minimum atomic E-state index is -3.63. The minimum Gasteiger partial charge on any atom is -0.340 e. The number of hydrogen-bond acceptors (Lipinski definition) is 3. The van der Waals surface area contributed by atoms with Crippen molar-refractivity contribution in [2.45, 2.75) is 37.0 Å². The molecule has 5 nitrogen and oxygen atoms in total. The number of nitrogens with zero attached hydrogens (tertiary/aromatic N) is 2. The molecule has 1 amide bonds. The van der Waals surface area contributed by atoms with Crippen LogP contribution < -0.4 is 0 Å². The third-order valence-electron chi connectivity index (χ3n) is 6.36. The van der Waals surface area contributed by atoms with Crippen molar-refractivity contribution in [2.75, 3.05) is 26.2 Å². The molecule has 4 rings (SSSR count). The second-order valence-electron chi connectivity index (χ2n) is 7.88. The molecule has 0 unspecified atom stereocenters. The lowest BCUT2D eigenvalue weighted by atomic mass is 9.86. The summed E-state index contributed by atoms with van der Waals surface area (Å²) >= 11 is 0. The lowest BCUT2D eigenvalue weighted by Crippen LogP contribution is -2.50. The van der Waals surface area contributed by atoms with Crippen LogP contribution in [0.3, 0.4) is 0 Å². The standard InChI is InChI=1S/C19H25FN2O3S/c20-17-3-5-18(6-4-17)26(24,25)22-9-7-21(8-10-22)19(23)13-16-12-14-1-2-15(16)11-14/h3-6,14-16H,1-2,7-13H2/t14-,15+,16+/m0/s1. The van der Waals surface area contributed by atoms with Gasteiger partial charge in [0.15, 0.2) is 0 Å². The highest BCUT2D eigenvalue weighted by Gasteiger charge is 2.41. The quantitative estimate of drug-likeness (QED) is 0.806. The lowest BCUT2D eigenvalue weighted by Gasteiger charge is -2.35.